The number of carboxylic acids is 1. The lowest BCUT2D eigenvalue weighted by Gasteiger charge is -2.28. The fourth-order valence-corrected chi connectivity index (χ4v) is 3.38. The van der Waals surface area contributed by atoms with Crippen molar-refractivity contribution >= 4 is 23.6 Å². The predicted octanol–water partition coefficient (Wildman–Crippen LogP) is 1.50. The third kappa shape index (κ3) is 3.15. The average Bonchev–Trinajstić information content (AvgIpc) is 3.09. The molecule has 0 saturated heterocycles. The Morgan fingerprint density at radius 2 is 2.00 bits per heavy atom. The lowest BCUT2D eigenvalue weighted by molar-refractivity contribution is -0.140. The summed E-state index contributed by atoms with van der Waals surface area (Å²) >= 11 is 1.86. The molecule has 2 rings (SSSR count). The fraction of sp³-hybridized carbons (Fsp3) is 0.833. The van der Waals surface area contributed by atoms with Gasteiger partial charge in [0.2, 0.25) is 5.91 Å². The lowest BCUT2D eigenvalue weighted by atomic mass is 9.95. The van der Waals surface area contributed by atoms with Gasteiger partial charge in [0.05, 0.1) is 11.8 Å². The van der Waals surface area contributed by atoms with Crippen molar-refractivity contribution in [1.82, 2.24) is 5.32 Å². The molecule has 0 radical (unpaired) electrons. The molecule has 4 nitrogen and oxygen atoms in total. The highest BCUT2D eigenvalue weighted by Gasteiger charge is 2.48. The van der Waals surface area contributed by atoms with E-state index in [0.29, 0.717) is 11.7 Å². The maximum Gasteiger partial charge on any atom is 0.307 e. The van der Waals surface area contributed by atoms with Gasteiger partial charge < -0.3 is 10.4 Å². The normalized spacial score (nSPS) is 36.3. The minimum atomic E-state index is -0.837. The molecule has 96 valence electrons. The Bertz CT molecular complexity index is 321. The molecule has 17 heavy (non-hydrogen) atoms. The summed E-state index contributed by atoms with van der Waals surface area (Å²) in [5.41, 5.74) is 0. The topological polar surface area (TPSA) is 66.4 Å². The average molecular weight is 257 g/mol. The van der Waals surface area contributed by atoms with Crippen LogP contribution in [0.1, 0.15) is 32.1 Å². The standard InChI is InChI=1S/C12H19NO3S/c1-17-8-4-2-3-7(5-8)13-11(14)9-6-10(9)12(15)16/h7-10H,2-6H2,1H3,(H,13,14)(H,15,16)/t7-,8+,9+,10+/m0/s1. The van der Waals surface area contributed by atoms with Gasteiger partial charge in [-0.25, -0.2) is 0 Å². The smallest absolute Gasteiger partial charge is 0.307 e. The Labute approximate surface area is 106 Å². The van der Waals surface area contributed by atoms with Crippen LogP contribution in [0.2, 0.25) is 0 Å². The summed E-state index contributed by atoms with van der Waals surface area (Å²) in [6.07, 6.45) is 7.07. The zero-order valence-electron chi connectivity index (χ0n) is 10.0. The number of carbonyl (C=O) groups excluding carboxylic acids is 1. The minimum absolute atomic E-state index is 0.0517. The highest BCUT2D eigenvalue weighted by atomic mass is 32.2. The van der Waals surface area contributed by atoms with Crippen LogP contribution in [0.15, 0.2) is 0 Å². The van der Waals surface area contributed by atoms with E-state index >= 15 is 0 Å². The van der Waals surface area contributed by atoms with Crippen molar-refractivity contribution in [3.05, 3.63) is 0 Å². The molecule has 4 atom stereocenters. The van der Waals surface area contributed by atoms with E-state index < -0.39 is 11.9 Å². The van der Waals surface area contributed by atoms with E-state index in [0.717, 1.165) is 19.3 Å². The Kier molecular flexibility index (Phi) is 3.97. The summed E-state index contributed by atoms with van der Waals surface area (Å²) in [6, 6.07) is 0.253. The number of thioether (sulfide) groups is 1. The van der Waals surface area contributed by atoms with Crippen LogP contribution in [0.25, 0.3) is 0 Å². The van der Waals surface area contributed by atoms with Gasteiger partial charge in [0, 0.05) is 11.3 Å². The third-order valence-electron chi connectivity index (χ3n) is 3.75. The number of nitrogens with one attached hydrogen (secondary N) is 1. The second-order valence-corrected chi connectivity index (χ2v) is 6.15. The molecule has 0 spiro atoms. The van der Waals surface area contributed by atoms with Gasteiger partial charge in [-0.05, 0) is 31.9 Å². The van der Waals surface area contributed by atoms with Crippen LogP contribution in [0.3, 0.4) is 0 Å². The number of amides is 1. The number of hydrogen-bond acceptors (Lipinski definition) is 3. The summed E-state index contributed by atoms with van der Waals surface area (Å²) in [7, 11) is 0. The van der Waals surface area contributed by atoms with E-state index in [1.807, 2.05) is 11.8 Å². The number of rotatable bonds is 4. The van der Waals surface area contributed by atoms with E-state index in [1.54, 1.807) is 0 Å². The Hall–Kier alpha value is -0.710. The molecule has 0 bridgehead atoms. The van der Waals surface area contributed by atoms with Gasteiger partial charge in [-0.2, -0.15) is 11.8 Å². The molecule has 0 aliphatic heterocycles. The van der Waals surface area contributed by atoms with Crippen molar-refractivity contribution in [3.63, 3.8) is 0 Å². The highest BCUT2D eigenvalue weighted by Crippen LogP contribution is 2.39. The highest BCUT2D eigenvalue weighted by molar-refractivity contribution is 7.99. The van der Waals surface area contributed by atoms with Gasteiger partial charge in [0.25, 0.3) is 0 Å². The van der Waals surface area contributed by atoms with Crippen molar-refractivity contribution in [3.8, 4) is 0 Å². The van der Waals surface area contributed by atoms with E-state index in [1.165, 1.54) is 6.42 Å². The quantitative estimate of drug-likeness (QED) is 0.801. The number of aliphatic carboxylic acids is 1. The molecule has 5 heteroatoms. The van der Waals surface area contributed by atoms with Crippen LogP contribution in [0.5, 0.6) is 0 Å². The summed E-state index contributed by atoms with van der Waals surface area (Å²) in [5, 5.41) is 12.4. The van der Waals surface area contributed by atoms with E-state index in [9.17, 15) is 9.59 Å². The molecule has 2 aliphatic rings. The van der Waals surface area contributed by atoms with Crippen LogP contribution in [0, 0.1) is 11.8 Å². The summed E-state index contributed by atoms with van der Waals surface area (Å²) in [4.78, 5) is 22.5. The molecule has 2 fully saturated rings. The van der Waals surface area contributed by atoms with Crippen LogP contribution in [-0.4, -0.2) is 34.5 Å². The Morgan fingerprint density at radius 3 is 2.59 bits per heavy atom. The maximum atomic E-state index is 11.8. The van der Waals surface area contributed by atoms with E-state index in [-0.39, 0.29) is 17.9 Å². The Balaban J connectivity index is 1.77. The summed E-state index contributed by atoms with van der Waals surface area (Å²) in [5.74, 6) is -1.60. The number of hydrogen-bond donors (Lipinski definition) is 2. The maximum absolute atomic E-state index is 11.8. The van der Waals surface area contributed by atoms with Crippen LogP contribution >= 0.6 is 11.8 Å². The van der Waals surface area contributed by atoms with Crippen LogP contribution < -0.4 is 5.32 Å². The van der Waals surface area contributed by atoms with E-state index in [4.69, 9.17) is 5.11 Å². The minimum Gasteiger partial charge on any atom is -0.481 e. The lowest BCUT2D eigenvalue weighted by Crippen LogP contribution is -2.40. The molecule has 0 unspecified atom stereocenters. The monoisotopic (exact) mass is 257 g/mol. The van der Waals surface area contributed by atoms with Crippen molar-refractivity contribution in [2.75, 3.05) is 6.26 Å². The molecule has 2 aliphatic carbocycles. The first-order valence-corrected chi connectivity index (χ1v) is 7.46. The second-order valence-electron chi connectivity index (χ2n) is 5.02. The third-order valence-corrected chi connectivity index (χ3v) is 4.85. The van der Waals surface area contributed by atoms with Gasteiger partial charge in [0.15, 0.2) is 0 Å². The Morgan fingerprint density at radius 1 is 1.24 bits per heavy atom. The molecule has 2 N–H and O–H groups in total. The van der Waals surface area contributed by atoms with Crippen LogP contribution in [-0.2, 0) is 9.59 Å². The van der Waals surface area contributed by atoms with Crippen molar-refractivity contribution in [2.24, 2.45) is 11.8 Å². The molecule has 0 aromatic carbocycles. The summed E-state index contributed by atoms with van der Waals surface area (Å²) < 4.78 is 0. The molecular weight excluding hydrogens is 238 g/mol. The van der Waals surface area contributed by atoms with Gasteiger partial charge in [-0.3, -0.25) is 9.59 Å². The molecule has 0 aromatic heterocycles. The summed E-state index contributed by atoms with van der Waals surface area (Å²) in [6.45, 7) is 0. The predicted molar refractivity (Wildman–Crippen MR) is 66.9 cm³/mol. The molecular formula is C12H19NO3S. The van der Waals surface area contributed by atoms with Gasteiger partial charge in [-0.1, -0.05) is 6.42 Å². The van der Waals surface area contributed by atoms with Gasteiger partial charge >= 0.3 is 5.97 Å². The second kappa shape index (κ2) is 5.29. The zero-order valence-corrected chi connectivity index (χ0v) is 10.8. The van der Waals surface area contributed by atoms with E-state index in [2.05, 4.69) is 11.6 Å². The van der Waals surface area contributed by atoms with Crippen molar-refractivity contribution < 1.29 is 14.7 Å². The van der Waals surface area contributed by atoms with Crippen molar-refractivity contribution in [2.45, 2.75) is 43.4 Å². The molecule has 2 saturated carbocycles. The first kappa shape index (κ1) is 12.7. The van der Waals surface area contributed by atoms with Crippen LogP contribution in [0.4, 0.5) is 0 Å². The van der Waals surface area contributed by atoms with Gasteiger partial charge in [0.1, 0.15) is 0 Å². The molecule has 1 amide bonds. The molecule has 0 aromatic rings. The zero-order chi connectivity index (χ0) is 12.4. The first-order chi connectivity index (χ1) is 8.11. The molecule has 0 heterocycles. The first-order valence-electron chi connectivity index (χ1n) is 6.17. The SMILES string of the molecule is CS[C@@H]1CCC[C@H](NC(=O)[C@@H]2C[C@H]2C(=O)O)C1. The fourth-order valence-electron chi connectivity index (χ4n) is 2.56. The number of carbonyl (C=O) groups is 2. The largest absolute Gasteiger partial charge is 0.481 e. The number of carboxylic acid groups (broad SMARTS) is 1. The van der Waals surface area contributed by atoms with Gasteiger partial charge in [-0.15, -0.1) is 0 Å². The van der Waals surface area contributed by atoms with Crippen molar-refractivity contribution in [1.29, 1.82) is 0 Å².